The topological polar surface area (TPSA) is 113 Å². The van der Waals surface area contributed by atoms with Crippen LogP contribution in [0.2, 0.25) is 0 Å². The summed E-state index contributed by atoms with van der Waals surface area (Å²) >= 11 is 0. The van der Waals surface area contributed by atoms with Crippen LogP contribution in [0.4, 0.5) is 0 Å². The van der Waals surface area contributed by atoms with Gasteiger partial charge in [-0.2, -0.15) is 8.42 Å². The van der Waals surface area contributed by atoms with E-state index in [2.05, 4.69) is 27.7 Å². The fraction of sp³-hybridized carbons (Fsp3) is 1.00. The Bertz CT molecular complexity index is 669. The molecule has 8 heteroatoms. The molecule has 0 atom stereocenters. The van der Waals surface area contributed by atoms with Gasteiger partial charge in [0.2, 0.25) is 0 Å². The maximum absolute atomic E-state index is 10.8. The molecule has 0 aromatic rings. The molecule has 0 spiro atoms. The van der Waals surface area contributed by atoms with Crippen LogP contribution in [0.15, 0.2) is 0 Å². The molecule has 300 valence electrons. The van der Waals surface area contributed by atoms with E-state index in [1.807, 2.05) is 0 Å². The highest BCUT2D eigenvalue weighted by molar-refractivity contribution is 7.85. The molecule has 0 fully saturated rings. The van der Waals surface area contributed by atoms with Crippen molar-refractivity contribution in [1.82, 2.24) is 0 Å². The summed E-state index contributed by atoms with van der Waals surface area (Å²) in [6, 6.07) is 0. The lowest BCUT2D eigenvalue weighted by Crippen LogP contribution is -2.03. The molecule has 0 saturated carbocycles. The second-order valence-corrected chi connectivity index (χ2v) is 16.5. The molecule has 0 amide bonds. The van der Waals surface area contributed by atoms with E-state index in [-0.39, 0.29) is 19.8 Å². The van der Waals surface area contributed by atoms with E-state index in [4.69, 9.17) is 24.2 Å². The van der Waals surface area contributed by atoms with Gasteiger partial charge in [-0.15, -0.1) is 0 Å². The summed E-state index contributed by atoms with van der Waals surface area (Å²) in [7, 11) is -3.24. The van der Waals surface area contributed by atoms with Crippen molar-refractivity contribution >= 4 is 10.1 Å². The highest BCUT2D eigenvalue weighted by Gasteiger charge is 2.01. The van der Waals surface area contributed by atoms with Gasteiger partial charge in [0.1, 0.15) is 0 Å². The van der Waals surface area contributed by atoms with Crippen LogP contribution in [0, 0.1) is 11.8 Å². The highest BCUT2D eigenvalue weighted by Crippen LogP contribution is 2.15. The number of hydrogen-bond donors (Lipinski definition) is 3. The maximum atomic E-state index is 10.8. The number of hydrogen-bond acceptors (Lipinski definition) is 7. The quantitative estimate of drug-likeness (QED) is 0.0435. The average Bonchev–Trinajstić information content (AvgIpc) is 3.04. The molecule has 0 aliphatic rings. The Balaban J connectivity index is -0.000000757. The predicted octanol–water partition coefficient (Wildman–Crippen LogP) is 11.2. The molecule has 0 aliphatic heterocycles. The molecule has 0 aromatic carbocycles. The molecule has 0 rings (SSSR count). The van der Waals surface area contributed by atoms with Crippen LogP contribution >= 0.6 is 0 Å². The van der Waals surface area contributed by atoms with Crippen molar-refractivity contribution in [2.75, 3.05) is 45.9 Å². The molecule has 0 aromatic heterocycles. The first-order chi connectivity index (χ1) is 23.6. The Morgan fingerprint density at radius 2 is 0.653 bits per heavy atom. The lowest BCUT2D eigenvalue weighted by Gasteiger charge is -2.05. The first kappa shape index (κ1) is 53.1. The number of aliphatic hydroxyl groups excluding tert-OH is 3. The van der Waals surface area contributed by atoms with Gasteiger partial charge in [-0.1, -0.05) is 182 Å². The minimum Gasteiger partial charge on any atom is -0.396 e. The summed E-state index contributed by atoms with van der Waals surface area (Å²) < 4.78 is 31.7. The monoisotopic (exact) mass is 725 g/mol. The normalized spacial score (nSPS) is 11.5. The Morgan fingerprint density at radius 3 is 0.918 bits per heavy atom. The molecule has 0 saturated heterocycles. The predicted molar refractivity (Wildman–Crippen MR) is 212 cm³/mol. The van der Waals surface area contributed by atoms with E-state index in [1.165, 1.54) is 154 Å². The third kappa shape index (κ3) is 63.3. The minimum absolute atomic E-state index is 0.0938. The molecular formula is C41H88O7S. The van der Waals surface area contributed by atoms with Crippen molar-refractivity contribution in [3.8, 4) is 0 Å². The van der Waals surface area contributed by atoms with Crippen LogP contribution < -0.4 is 0 Å². The van der Waals surface area contributed by atoms with Crippen molar-refractivity contribution in [2.24, 2.45) is 11.8 Å². The van der Waals surface area contributed by atoms with Crippen LogP contribution in [-0.4, -0.2) is 69.6 Å². The molecular weight excluding hydrogens is 637 g/mol. The first-order valence-electron chi connectivity index (χ1n) is 20.8. The third-order valence-corrected chi connectivity index (χ3v) is 9.15. The van der Waals surface area contributed by atoms with Crippen molar-refractivity contribution in [1.29, 1.82) is 0 Å². The zero-order chi connectivity index (χ0) is 37.1. The van der Waals surface area contributed by atoms with E-state index in [9.17, 15) is 8.42 Å². The van der Waals surface area contributed by atoms with Gasteiger partial charge < -0.3 is 20.1 Å². The van der Waals surface area contributed by atoms with Crippen LogP contribution in [0.1, 0.15) is 207 Å². The van der Waals surface area contributed by atoms with Gasteiger partial charge in [0, 0.05) is 33.0 Å². The van der Waals surface area contributed by atoms with Crippen LogP contribution in [0.25, 0.3) is 0 Å². The van der Waals surface area contributed by atoms with Crippen molar-refractivity contribution in [3.05, 3.63) is 0 Å². The van der Waals surface area contributed by atoms with E-state index in [1.54, 1.807) is 0 Å². The van der Waals surface area contributed by atoms with Gasteiger partial charge in [-0.3, -0.25) is 4.18 Å². The van der Waals surface area contributed by atoms with Gasteiger partial charge in [-0.25, -0.2) is 0 Å². The highest BCUT2D eigenvalue weighted by atomic mass is 32.2. The smallest absolute Gasteiger partial charge is 0.264 e. The molecule has 7 nitrogen and oxygen atoms in total. The Labute approximate surface area is 307 Å². The molecule has 3 N–H and O–H groups in total. The van der Waals surface area contributed by atoms with Gasteiger partial charge in [-0.05, 0) is 37.5 Å². The van der Waals surface area contributed by atoms with Crippen LogP contribution in [0.5, 0.6) is 0 Å². The van der Waals surface area contributed by atoms with Crippen molar-refractivity contribution in [3.63, 3.8) is 0 Å². The minimum atomic E-state index is -3.24. The summed E-state index contributed by atoms with van der Waals surface area (Å²) in [6.45, 7) is 11.6. The molecule has 0 unspecified atom stereocenters. The van der Waals surface area contributed by atoms with Gasteiger partial charge in [0.15, 0.2) is 0 Å². The Hall–Kier alpha value is -0.250. The first-order valence-corrected chi connectivity index (χ1v) is 22.7. The van der Waals surface area contributed by atoms with E-state index >= 15 is 0 Å². The van der Waals surface area contributed by atoms with E-state index in [0.717, 1.165) is 44.0 Å². The largest absolute Gasteiger partial charge is 0.396 e. The van der Waals surface area contributed by atoms with E-state index < -0.39 is 10.1 Å². The van der Waals surface area contributed by atoms with Gasteiger partial charge in [0.25, 0.3) is 10.1 Å². The lowest BCUT2D eigenvalue weighted by atomic mass is 10.0. The Kier molecular flexibility index (Phi) is 49.6. The maximum Gasteiger partial charge on any atom is 0.264 e. The number of aliphatic hydroxyl groups is 3. The third-order valence-electron chi connectivity index (χ3n) is 8.56. The average molecular weight is 725 g/mol. The van der Waals surface area contributed by atoms with E-state index in [0.29, 0.717) is 19.6 Å². The van der Waals surface area contributed by atoms with Crippen LogP contribution in [0.3, 0.4) is 0 Å². The molecule has 0 heterocycles. The fourth-order valence-corrected chi connectivity index (χ4v) is 5.92. The summed E-state index contributed by atoms with van der Waals surface area (Å²) in [4.78, 5) is 0. The summed E-state index contributed by atoms with van der Waals surface area (Å²) in [5.41, 5.74) is 0. The van der Waals surface area contributed by atoms with Crippen molar-refractivity contribution < 1.29 is 32.7 Å². The number of rotatable bonds is 36. The number of unbranched alkanes of at least 4 members (excludes halogenated alkanes) is 22. The second-order valence-electron chi connectivity index (χ2n) is 14.9. The SMILES string of the molecule is CC(C)CCCCCCCCCCCCCCOCCCO.CC(C)CCCCCCCCCCCCCCOS(C)(=O)=O.OCCCO. The molecule has 49 heavy (non-hydrogen) atoms. The molecule has 0 bridgehead atoms. The van der Waals surface area contributed by atoms with Crippen molar-refractivity contribution in [2.45, 2.75) is 207 Å². The van der Waals surface area contributed by atoms with Gasteiger partial charge >= 0.3 is 0 Å². The zero-order valence-electron chi connectivity index (χ0n) is 33.6. The Morgan fingerprint density at radius 1 is 0.388 bits per heavy atom. The molecule has 0 radical (unpaired) electrons. The van der Waals surface area contributed by atoms with Gasteiger partial charge in [0.05, 0.1) is 12.9 Å². The molecule has 0 aliphatic carbocycles. The zero-order valence-corrected chi connectivity index (χ0v) is 34.4. The number of ether oxygens (including phenoxy) is 1. The summed E-state index contributed by atoms with van der Waals surface area (Å²) in [5.74, 6) is 1.74. The summed E-state index contributed by atoms with van der Waals surface area (Å²) in [6.07, 6.45) is 37.4. The van der Waals surface area contributed by atoms with Crippen LogP contribution in [-0.2, 0) is 19.0 Å². The second kappa shape index (κ2) is 45.8. The fourth-order valence-electron chi connectivity index (χ4n) is 5.50. The lowest BCUT2D eigenvalue weighted by molar-refractivity contribution is 0.112. The standard InChI is InChI=1S/C20H42O2.C18H38O3S.C3H8O2/c1-20(2)16-13-11-9-7-5-3-4-6-8-10-12-14-18-22-19-15-17-21;1-18(2)16-14-12-10-8-6-4-5-7-9-11-13-15-17-21-22(3,19)20;4-2-1-3-5/h20-21H,3-19H2,1-2H3;18H,4-17H2,1-3H3;4-5H,1-3H2. The summed E-state index contributed by atoms with van der Waals surface area (Å²) in [5, 5.41) is 24.4.